The van der Waals surface area contributed by atoms with Crippen LogP contribution in [0.5, 0.6) is 0 Å². The predicted octanol–water partition coefficient (Wildman–Crippen LogP) is 1.14. The number of hydrogen-bond donors (Lipinski definition) is 1. The number of halogens is 2. The highest BCUT2D eigenvalue weighted by atomic mass is 35.5. The van der Waals surface area contributed by atoms with E-state index >= 15 is 0 Å². The molecule has 0 aromatic carbocycles. The van der Waals surface area contributed by atoms with Crippen molar-refractivity contribution in [3.8, 4) is 0 Å². The summed E-state index contributed by atoms with van der Waals surface area (Å²) in [6.07, 6.45) is 4.05. The molecule has 1 aliphatic heterocycles. The summed E-state index contributed by atoms with van der Waals surface area (Å²) in [5.74, 6) is 0.716. The highest BCUT2D eigenvalue weighted by molar-refractivity contribution is 5.85. The highest BCUT2D eigenvalue weighted by Crippen LogP contribution is 2.27. The lowest BCUT2D eigenvalue weighted by Crippen LogP contribution is -2.50. The molecule has 126 valence electrons. The van der Waals surface area contributed by atoms with Crippen molar-refractivity contribution in [1.29, 1.82) is 0 Å². The number of piperazine rings is 1. The molecule has 2 aliphatic rings. The fourth-order valence-electron chi connectivity index (χ4n) is 3.11. The molecule has 2 rings (SSSR count). The Kier molecular flexibility index (Phi) is 10.6. The van der Waals surface area contributed by atoms with Crippen molar-refractivity contribution >= 4 is 30.7 Å². The summed E-state index contributed by atoms with van der Waals surface area (Å²) in [7, 11) is 1.73. The van der Waals surface area contributed by atoms with Gasteiger partial charge in [-0.2, -0.15) is 0 Å². The van der Waals surface area contributed by atoms with E-state index in [1.807, 2.05) is 4.90 Å². The van der Waals surface area contributed by atoms with Gasteiger partial charge in [0.1, 0.15) is 0 Å². The minimum Gasteiger partial charge on any atom is -0.383 e. The van der Waals surface area contributed by atoms with Crippen LogP contribution in [0.15, 0.2) is 0 Å². The maximum Gasteiger partial charge on any atom is 0.222 e. The van der Waals surface area contributed by atoms with E-state index in [1.54, 1.807) is 7.11 Å². The Labute approximate surface area is 140 Å². The highest BCUT2D eigenvalue weighted by Gasteiger charge is 2.29. The van der Waals surface area contributed by atoms with Gasteiger partial charge in [0.25, 0.3) is 0 Å². The molecular formula is C14H29Cl2N3O2. The van der Waals surface area contributed by atoms with E-state index < -0.39 is 0 Å². The Bertz CT molecular complexity index is 300. The lowest BCUT2D eigenvalue weighted by Gasteiger charge is -2.35. The Morgan fingerprint density at radius 3 is 2.38 bits per heavy atom. The van der Waals surface area contributed by atoms with Gasteiger partial charge in [0.05, 0.1) is 6.61 Å². The van der Waals surface area contributed by atoms with Gasteiger partial charge in [-0.15, -0.1) is 24.8 Å². The van der Waals surface area contributed by atoms with Crippen molar-refractivity contribution in [2.75, 3.05) is 46.4 Å². The largest absolute Gasteiger partial charge is 0.383 e. The van der Waals surface area contributed by atoms with Gasteiger partial charge in [0.15, 0.2) is 0 Å². The molecule has 2 fully saturated rings. The summed E-state index contributed by atoms with van der Waals surface area (Å²) < 4.78 is 5.08. The summed E-state index contributed by atoms with van der Waals surface area (Å²) in [4.78, 5) is 16.6. The second kappa shape index (κ2) is 10.6. The van der Waals surface area contributed by atoms with E-state index in [0.29, 0.717) is 18.2 Å². The van der Waals surface area contributed by atoms with Crippen molar-refractivity contribution in [1.82, 2.24) is 9.80 Å². The first-order valence-corrected chi connectivity index (χ1v) is 7.45. The van der Waals surface area contributed by atoms with Crippen molar-refractivity contribution in [2.45, 2.75) is 31.7 Å². The van der Waals surface area contributed by atoms with E-state index in [4.69, 9.17) is 10.5 Å². The third-order valence-electron chi connectivity index (χ3n) is 4.49. The fourth-order valence-corrected chi connectivity index (χ4v) is 3.11. The molecule has 1 aliphatic carbocycles. The topological polar surface area (TPSA) is 58.8 Å². The number of carbonyl (C=O) groups excluding carboxylic acids is 1. The molecule has 0 bridgehead atoms. The Hall–Kier alpha value is -0.0700. The summed E-state index contributed by atoms with van der Waals surface area (Å²) in [5.41, 5.74) is 6.04. The molecule has 1 saturated heterocycles. The second-order valence-electron chi connectivity index (χ2n) is 5.77. The van der Waals surface area contributed by atoms with E-state index in [-0.39, 0.29) is 30.9 Å². The number of methoxy groups -OCH3 is 1. The minimum atomic E-state index is 0. The average molecular weight is 342 g/mol. The molecule has 0 aromatic rings. The summed E-state index contributed by atoms with van der Waals surface area (Å²) in [5, 5.41) is 0. The first-order valence-electron chi connectivity index (χ1n) is 7.45. The lowest BCUT2D eigenvalue weighted by atomic mass is 9.99. The van der Waals surface area contributed by atoms with Gasteiger partial charge in [-0.1, -0.05) is 6.42 Å². The normalized spacial score (nSPS) is 26.1. The maximum atomic E-state index is 12.2. The van der Waals surface area contributed by atoms with Gasteiger partial charge in [0.2, 0.25) is 5.91 Å². The monoisotopic (exact) mass is 341 g/mol. The van der Waals surface area contributed by atoms with Gasteiger partial charge in [-0.3, -0.25) is 9.69 Å². The molecule has 2 N–H and O–H groups in total. The quantitative estimate of drug-likeness (QED) is 0.814. The van der Waals surface area contributed by atoms with E-state index in [9.17, 15) is 4.79 Å². The number of carbonyl (C=O) groups is 1. The van der Waals surface area contributed by atoms with Crippen LogP contribution in [0, 0.1) is 5.92 Å². The Morgan fingerprint density at radius 2 is 1.86 bits per heavy atom. The zero-order valence-corrected chi connectivity index (χ0v) is 14.5. The SMILES string of the molecule is COCCN1CCN(C(=O)C[C@@H]2CCC[C@H]2N)CC1.Cl.Cl. The van der Waals surface area contributed by atoms with Crippen LogP contribution in [-0.4, -0.2) is 68.2 Å². The van der Waals surface area contributed by atoms with Gasteiger partial charge in [0, 0.05) is 52.3 Å². The van der Waals surface area contributed by atoms with Crippen LogP contribution in [0.2, 0.25) is 0 Å². The molecule has 0 unspecified atom stereocenters. The standard InChI is InChI=1S/C14H27N3O2.2ClH/c1-19-10-9-16-5-7-17(8-6-16)14(18)11-12-3-2-4-13(12)15;;/h12-13H,2-11,15H2,1H3;2*1H/t12-,13+;;/m0../s1. The zero-order chi connectivity index (χ0) is 13.7. The summed E-state index contributed by atoms with van der Waals surface area (Å²) in [6.45, 7) is 5.36. The van der Waals surface area contributed by atoms with Crippen molar-refractivity contribution in [3.05, 3.63) is 0 Å². The minimum absolute atomic E-state index is 0. The van der Waals surface area contributed by atoms with E-state index in [0.717, 1.165) is 52.2 Å². The van der Waals surface area contributed by atoms with Gasteiger partial charge < -0.3 is 15.4 Å². The van der Waals surface area contributed by atoms with Gasteiger partial charge >= 0.3 is 0 Å². The van der Waals surface area contributed by atoms with E-state index in [1.165, 1.54) is 6.42 Å². The molecule has 0 spiro atoms. The number of nitrogens with zero attached hydrogens (tertiary/aromatic N) is 2. The first-order chi connectivity index (χ1) is 9.20. The van der Waals surface area contributed by atoms with E-state index in [2.05, 4.69) is 4.90 Å². The number of amides is 1. The fraction of sp³-hybridized carbons (Fsp3) is 0.929. The molecule has 2 atom stereocenters. The van der Waals surface area contributed by atoms with Crippen LogP contribution in [0.3, 0.4) is 0 Å². The molecule has 7 heteroatoms. The summed E-state index contributed by atoms with van der Waals surface area (Å²) in [6, 6.07) is 0.243. The molecule has 21 heavy (non-hydrogen) atoms. The van der Waals surface area contributed by atoms with Crippen LogP contribution in [0.4, 0.5) is 0 Å². The summed E-state index contributed by atoms with van der Waals surface area (Å²) >= 11 is 0. The van der Waals surface area contributed by atoms with Crippen LogP contribution in [0.1, 0.15) is 25.7 Å². The third kappa shape index (κ3) is 6.28. The molecule has 0 radical (unpaired) electrons. The molecule has 1 amide bonds. The van der Waals surface area contributed by atoms with Gasteiger partial charge in [-0.25, -0.2) is 0 Å². The number of hydrogen-bond acceptors (Lipinski definition) is 4. The number of rotatable bonds is 5. The molecule has 1 saturated carbocycles. The predicted molar refractivity (Wildman–Crippen MR) is 89.3 cm³/mol. The Morgan fingerprint density at radius 1 is 1.19 bits per heavy atom. The van der Waals surface area contributed by atoms with Crippen molar-refractivity contribution in [2.24, 2.45) is 11.7 Å². The average Bonchev–Trinajstić information content (AvgIpc) is 2.82. The number of nitrogens with two attached hydrogens (primary N) is 1. The van der Waals surface area contributed by atoms with Crippen LogP contribution in [-0.2, 0) is 9.53 Å². The molecular weight excluding hydrogens is 313 g/mol. The van der Waals surface area contributed by atoms with Crippen molar-refractivity contribution in [3.63, 3.8) is 0 Å². The molecule has 1 heterocycles. The molecule has 0 aromatic heterocycles. The maximum absolute atomic E-state index is 12.2. The van der Waals surface area contributed by atoms with Gasteiger partial charge in [-0.05, 0) is 18.8 Å². The number of ether oxygens (including phenoxy) is 1. The van der Waals surface area contributed by atoms with Crippen LogP contribution >= 0.6 is 24.8 Å². The molecule has 5 nitrogen and oxygen atoms in total. The third-order valence-corrected chi connectivity index (χ3v) is 4.49. The van der Waals surface area contributed by atoms with Crippen molar-refractivity contribution < 1.29 is 9.53 Å². The zero-order valence-electron chi connectivity index (χ0n) is 12.8. The second-order valence-corrected chi connectivity index (χ2v) is 5.77. The first kappa shape index (κ1) is 20.9. The van der Waals surface area contributed by atoms with Crippen LogP contribution < -0.4 is 5.73 Å². The lowest BCUT2D eigenvalue weighted by molar-refractivity contribution is -0.134. The Balaban J connectivity index is 0.00000200. The van der Waals surface area contributed by atoms with Crippen LogP contribution in [0.25, 0.3) is 0 Å². The smallest absolute Gasteiger partial charge is 0.222 e.